The number of rotatable bonds is 4. The van der Waals surface area contributed by atoms with Crippen LogP contribution >= 0.6 is 0 Å². The van der Waals surface area contributed by atoms with Crippen LogP contribution in [0.1, 0.15) is 55.9 Å². The van der Waals surface area contributed by atoms with E-state index in [4.69, 9.17) is 0 Å². The summed E-state index contributed by atoms with van der Waals surface area (Å²) in [5, 5.41) is 15.1. The van der Waals surface area contributed by atoms with Crippen LogP contribution < -0.4 is 0 Å². The van der Waals surface area contributed by atoms with Crippen molar-refractivity contribution in [3.05, 3.63) is 142 Å². The van der Waals surface area contributed by atoms with Crippen LogP contribution in [-0.2, 0) is 5.60 Å². The number of allylic oxidation sites excluding steroid dienone is 4. The second-order valence-electron chi connectivity index (χ2n) is 9.24. The number of aliphatic hydroxyl groups is 1. The zero-order valence-electron chi connectivity index (χ0n) is 19.8. The summed E-state index contributed by atoms with van der Waals surface area (Å²) in [5.74, 6) is 0.156. The topological polar surface area (TPSA) is 20.2 Å². The summed E-state index contributed by atoms with van der Waals surface area (Å²) in [6.07, 6.45) is 0. The summed E-state index contributed by atoms with van der Waals surface area (Å²) in [7, 11) is 0. The van der Waals surface area contributed by atoms with E-state index in [9.17, 15) is 5.11 Å². The first kappa shape index (κ1) is 21.4. The van der Waals surface area contributed by atoms with Crippen molar-refractivity contribution in [2.75, 3.05) is 0 Å². The second-order valence-corrected chi connectivity index (χ2v) is 9.24. The van der Waals surface area contributed by atoms with Crippen LogP contribution in [0, 0.1) is 0 Å². The van der Waals surface area contributed by atoms with Gasteiger partial charge in [-0.1, -0.05) is 108 Å². The molecule has 1 nitrogen and oxygen atoms in total. The largest absolute Gasteiger partial charge is 0.376 e. The second kappa shape index (κ2) is 8.17. The third kappa shape index (κ3) is 3.27. The average Bonchev–Trinajstić information content (AvgIpc) is 3.06. The SMILES string of the molecule is CC1=C(C)C(c2ccc3ccccc3c2C(O)(c2ccccc2)c2ccccc2)C(C)=C1C. The number of fused-ring (bicyclic) bond motifs is 1. The molecule has 0 unspecified atom stereocenters. The van der Waals surface area contributed by atoms with E-state index in [1.54, 1.807) is 0 Å². The van der Waals surface area contributed by atoms with Crippen molar-refractivity contribution >= 4 is 10.8 Å². The van der Waals surface area contributed by atoms with Crippen molar-refractivity contribution < 1.29 is 5.11 Å². The zero-order valence-corrected chi connectivity index (χ0v) is 19.8. The summed E-state index contributed by atoms with van der Waals surface area (Å²) in [4.78, 5) is 0. The van der Waals surface area contributed by atoms with E-state index in [0.29, 0.717) is 0 Å². The van der Waals surface area contributed by atoms with Crippen molar-refractivity contribution in [3.63, 3.8) is 0 Å². The van der Waals surface area contributed by atoms with E-state index in [2.05, 4.69) is 64.1 Å². The Balaban J connectivity index is 1.93. The Morgan fingerprint density at radius 2 is 1.06 bits per heavy atom. The molecular weight excluding hydrogens is 400 g/mol. The third-order valence-electron chi connectivity index (χ3n) is 7.63. The lowest BCUT2D eigenvalue weighted by molar-refractivity contribution is 0.126. The van der Waals surface area contributed by atoms with Crippen LogP contribution in [0.3, 0.4) is 0 Å². The molecule has 1 N–H and O–H groups in total. The molecule has 0 aliphatic heterocycles. The number of hydrogen-bond donors (Lipinski definition) is 1. The van der Waals surface area contributed by atoms with Crippen LogP contribution in [0.2, 0.25) is 0 Å². The first-order chi connectivity index (χ1) is 15.9. The number of benzene rings is 4. The van der Waals surface area contributed by atoms with Crippen LogP contribution in [0.4, 0.5) is 0 Å². The van der Waals surface area contributed by atoms with Crippen molar-refractivity contribution in [1.29, 1.82) is 0 Å². The van der Waals surface area contributed by atoms with E-state index in [0.717, 1.165) is 27.5 Å². The quantitative estimate of drug-likeness (QED) is 0.326. The maximum absolute atomic E-state index is 12.8. The summed E-state index contributed by atoms with van der Waals surface area (Å²) in [6.45, 7) is 8.91. The molecule has 0 saturated carbocycles. The Hall–Kier alpha value is -3.42. The summed E-state index contributed by atoms with van der Waals surface area (Å²) in [5.41, 5.74) is 8.07. The molecule has 0 spiro atoms. The standard InChI is InChI=1S/C32H30O/c1-21-22(2)24(4)30(23(21)3)29-20-19-25-13-11-12-18-28(25)31(29)32(33,26-14-7-5-8-15-26)27-16-9-6-10-17-27/h5-20,30,33H,1-4H3. The van der Waals surface area contributed by atoms with Gasteiger partial charge in [-0.3, -0.25) is 0 Å². The van der Waals surface area contributed by atoms with Gasteiger partial charge < -0.3 is 5.11 Å². The molecule has 4 aromatic carbocycles. The molecule has 4 aromatic rings. The fourth-order valence-corrected chi connectivity index (χ4v) is 5.56. The van der Waals surface area contributed by atoms with E-state index in [-0.39, 0.29) is 5.92 Å². The van der Waals surface area contributed by atoms with Crippen molar-refractivity contribution in [2.24, 2.45) is 0 Å². The molecule has 0 heterocycles. The molecule has 0 amide bonds. The molecule has 5 rings (SSSR count). The van der Waals surface area contributed by atoms with Gasteiger partial charge in [-0.25, -0.2) is 0 Å². The van der Waals surface area contributed by atoms with Gasteiger partial charge in [0.1, 0.15) is 5.60 Å². The minimum atomic E-state index is -1.29. The fourth-order valence-electron chi connectivity index (χ4n) is 5.56. The monoisotopic (exact) mass is 430 g/mol. The third-order valence-corrected chi connectivity index (χ3v) is 7.63. The molecule has 0 aromatic heterocycles. The predicted molar refractivity (Wildman–Crippen MR) is 138 cm³/mol. The van der Waals surface area contributed by atoms with E-state index >= 15 is 0 Å². The van der Waals surface area contributed by atoms with Crippen molar-refractivity contribution in [3.8, 4) is 0 Å². The molecule has 0 saturated heterocycles. The molecule has 164 valence electrons. The smallest absolute Gasteiger partial charge is 0.141 e. The molecule has 1 aliphatic carbocycles. The molecule has 0 radical (unpaired) electrons. The zero-order chi connectivity index (χ0) is 23.2. The Bertz CT molecular complexity index is 1330. The van der Waals surface area contributed by atoms with Crippen LogP contribution in [0.25, 0.3) is 10.8 Å². The van der Waals surface area contributed by atoms with Crippen LogP contribution in [-0.4, -0.2) is 5.11 Å². The highest BCUT2D eigenvalue weighted by molar-refractivity contribution is 5.89. The van der Waals surface area contributed by atoms with Gasteiger partial charge in [0, 0.05) is 11.5 Å². The first-order valence-electron chi connectivity index (χ1n) is 11.6. The Morgan fingerprint density at radius 1 is 0.576 bits per heavy atom. The highest BCUT2D eigenvalue weighted by Gasteiger charge is 2.40. The van der Waals surface area contributed by atoms with Gasteiger partial charge in [-0.15, -0.1) is 0 Å². The van der Waals surface area contributed by atoms with Gasteiger partial charge in [0.15, 0.2) is 0 Å². The van der Waals surface area contributed by atoms with E-state index < -0.39 is 5.60 Å². The molecule has 1 aliphatic rings. The maximum Gasteiger partial charge on any atom is 0.141 e. The van der Waals surface area contributed by atoms with Crippen molar-refractivity contribution in [1.82, 2.24) is 0 Å². The van der Waals surface area contributed by atoms with Crippen LogP contribution in [0.15, 0.2) is 119 Å². The normalized spacial score (nSPS) is 15.1. The Kier molecular flexibility index (Phi) is 5.31. The summed E-state index contributed by atoms with van der Waals surface area (Å²) >= 11 is 0. The van der Waals surface area contributed by atoms with E-state index in [1.165, 1.54) is 27.9 Å². The number of hydrogen-bond acceptors (Lipinski definition) is 1. The molecule has 0 bridgehead atoms. The lowest BCUT2D eigenvalue weighted by atomic mass is 9.72. The molecule has 0 atom stereocenters. The lowest BCUT2D eigenvalue weighted by Gasteiger charge is -2.35. The molecule has 0 fully saturated rings. The molecular formula is C32H30O. The van der Waals surface area contributed by atoms with Gasteiger partial charge >= 0.3 is 0 Å². The van der Waals surface area contributed by atoms with Gasteiger partial charge in [0.05, 0.1) is 0 Å². The highest BCUT2D eigenvalue weighted by atomic mass is 16.3. The van der Waals surface area contributed by atoms with Gasteiger partial charge in [0.2, 0.25) is 0 Å². The predicted octanol–water partition coefficient (Wildman–Crippen LogP) is 7.89. The minimum absolute atomic E-state index is 0.156. The fraction of sp³-hybridized carbons (Fsp3) is 0.188. The summed E-state index contributed by atoms with van der Waals surface area (Å²) in [6, 6.07) is 33.0. The van der Waals surface area contributed by atoms with Gasteiger partial charge in [0.25, 0.3) is 0 Å². The average molecular weight is 431 g/mol. The van der Waals surface area contributed by atoms with Gasteiger partial charge in [-0.05, 0) is 66.3 Å². The molecule has 1 heteroatoms. The van der Waals surface area contributed by atoms with Crippen molar-refractivity contribution in [2.45, 2.75) is 39.2 Å². The summed E-state index contributed by atoms with van der Waals surface area (Å²) < 4.78 is 0. The minimum Gasteiger partial charge on any atom is -0.376 e. The molecule has 33 heavy (non-hydrogen) atoms. The lowest BCUT2D eigenvalue weighted by Crippen LogP contribution is -2.31. The Labute approximate surface area is 196 Å². The van der Waals surface area contributed by atoms with Crippen LogP contribution in [0.5, 0.6) is 0 Å². The Morgan fingerprint density at radius 3 is 1.61 bits per heavy atom. The first-order valence-corrected chi connectivity index (χ1v) is 11.6. The van der Waals surface area contributed by atoms with Gasteiger partial charge in [-0.2, -0.15) is 0 Å². The maximum atomic E-state index is 12.8. The van der Waals surface area contributed by atoms with E-state index in [1.807, 2.05) is 60.7 Å². The highest BCUT2D eigenvalue weighted by Crippen LogP contribution is 2.50.